The van der Waals surface area contributed by atoms with Gasteiger partial charge in [-0.3, -0.25) is 14.2 Å². The van der Waals surface area contributed by atoms with Crippen molar-refractivity contribution in [3.63, 3.8) is 0 Å². The number of terminal acetylenes is 1. The molecule has 4 aromatic rings. The molecule has 0 fully saturated rings. The van der Waals surface area contributed by atoms with Crippen molar-refractivity contribution in [2.45, 2.75) is 64.7 Å². The molecular formula is C34H39Cl2F4N6O9PS. The normalized spacial score (nSPS) is 12.9. The van der Waals surface area contributed by atoms with Gasteiger partial charge >= 0.3 is 17.9 Å². The van der Waals surface area contributed by atoms with Gasteiger partial charge in [0.05, 0.1) is 15.7 Å². The number of nitrogens with two attached hydrogens (primary N) is 1. The standard InChI is InChI=1S/C15H14Cl2N2O3.C14H13F4N3O2S.C5H12NO4P/c1-5-6-21-12-8-11(9(16)7-10(12)17)19-14(20)22-13(18-19)15(2,3)4;1-8(2)21(10-5-3-9(15)4-6-10)11(22)7-23-13-20-19-12(24-13)14(16,17)18;1-11(9,10)3-2-4(6)5(7)8/h1,7-8H,6H2,2-4H3;3-6,8H,7H2,1-2H3;4H,2-3,6H2,1H3,(H,7,8)(H,9,10). The lowest BCUT2D eigenvalue weighted by Crippen LogP contribution is -2.40. The van der Waals surface area contributed by atoms with Crippen LogP contribution in [0.2, 0.25) is 10.0 Å². The van der Waals surface area contributed by atoms with E-state index in [1.165, 1.54) is 48.0 Å². The number of carboxylic acids is 1. The highest BCUT2D eigenvalue weighted by atomic mass is 35.5. The molecule has 0 aliphatic rings. The number of ether oxygens (including phenoxy) is 2. The maximum atomic E-state index is 13.0. The fourth-order valence-corrected chi connectivity index (χ4v) is 5.89. The van der Waals surface area contributed by atoms with E-state index in [0.717, 1.165) is 4.68 Å². The van der Waals surface area contributed by atoms with Crippen molar-refractivity contribution in [1.29, 1.82) is 0 Å². The van der Waals surface area contributed by atoms with Crippen LogP contribution in [0.1, 0.15) is 51.9 Å². The zero-order valence-electron chi connectivity index (χ0n) is 31.2. The number of rotatable bonds is 12. The molecule has 0 bridgehead atoms. The molecule has 0 saturated heterocycles. The monoisotopic (exact) mass is 884 g/mol. The van der Waals surface area contributed by atoms with Crippen molar-refractivity contribution in [2.75, 3.05) is 30.9 Å². The minimum absolute atomic E-state index is 0.0412. The second kappa shape index (κ2) is 20.8. The van der Waals surface area contributed by atoms with E-state index in [9.17, 15) is 36.5 Å². The van der Waals surface area contributed by atoms with E-state index < -0.39 is 60.1 Å². The van der Waals surface area contributed by atoms with Crippen LogP contribution in [0, 0.1) is 18.2 Å². The van der Waals surface area contributed by atoms with Gasteiger partial charge in [0.1, 0.15) is 24.2 Å². The highest BCUT2D eigenvalue weighted by molar-refractivity contribution is 7.57. The number of hydrogen-bond acceptors (Lipinski definition) is 12. The summed E-state index contributed by atoms with van der Waals surface area (Å²) in [4.78, 5) is 44.5. The van der Waals surface area contributed by atoms with Gasteiger partial charge in [0.2, 0.25) is 10.9 Å². The molecule has 2 atom stereocenters. The minimum Gasteiger partial charge on any atom is -0.480 e. The molecule has 2 unspecified atom stereocenters. The fourth-order valence-electron chi connectivity index (χ4n) is 4.05. The summed E-state index contributed by atoms with van der Waals surface area (Å²) in [5.41, 5.74) is 5.44. The van der Waals surface area contributed by atoms with Crippen LogP contribution in [0.5, 0.6) is 10.9 Å². The van der Waals surface area contributed by atoms with E-state index in [-0.39, 0.29) is 51.8 Å². The molecule has 312 valence electrons. The smallest absolute Gasteiger partial charge is 0.445 e. The largest absolute Gasteiger partial charge is 0.480 e. The first-order valence-electron chi connectivity index (χ1n) is 16.3. The number of aliphatic carboxylic acids is 1. The second-order valence-electron chi connectivity index (χ2n) is 13.1. The number of halogens is 6. The van der Waals surface area contributed by atoms with E-state index >= 15 is 0 Å². The summed E-state index contributed by atoms with van der Waals surface area (Å²) in [5, 5.41) is 17.7. The maximum absolute atomic E-state index is 13.0. The van der Waals surface area contributed by atoms with Crippen LogP contribution in [0.15, 0.2) is 45.6 Å². The van der Waals surface area contributed by atoms with Gasteiger partial charge in [0.25, 0.3) is 11.1 Å². The summed E-state index contributed by atoms with van der Waals surface area (Å²) >= 11 is 12.4. The van der Waals surface area contributed by atoms with Crippen LogP contribution < -0.4 is 25.9 Å². The van der Waals surface area contributed by atoms with Crippen molar-refractivity contribution >= 4 is 59.5 Å². The molecule has 0 aliphatic carbocycles. The summed E-state index contributed by atoms with van der Waals surface area (Å²) in [5.74, 6) is 0.222. The Balaban J connectivity index is 0.000000316. The van der Waals surface area contributed by atoms with Gasteiger partial charge in [-0.1, -0.05) is 66.3 Å². The molecule has 2 heterocycles. The summed E-state index contributed by atoms with van der Waals surface area (Å²) in [6.45, 7) is 9.85. The number of benzene rings is 2. The number of carbonyl (C=O) groups is 2. The SMILES string of the molecule is C#CCOc1cc(-n2nc(C(C)(C)C)oc2=O)c(Cl)cc1Cl.CC(C)N(C(=O)COc1nnc(C(F)(F)F)s1)c1ccc(F)cc1.CP(=O)(O)CCC(N)C(=O)O. The molecule has 2 aromatic heterocycles. The van der Waals surface area contributed by atoms with E-state index in [1.54, 1.807) is 13.8 Å². The van der Waals surface area contributed by atoms with Crippen LogP contribution in [0.25, 0.3) is 5.69 Å². The number of carbonyl (C=O) groups excluding carboxylic acids is 1. The van der Waals surface area contributed by atoms with Gasteiger partial charge in [-0.25, -0.2) is 9.18 Å². The van der Waals surface area contributed by atoms with Crippen LogP contribution in [-0.4, -0.2) is 80.0 Å². The van der Waals surface area contributed by atoms with Gasteiger partial charge < -0.3 is 34.5 Å². The Morgan fingerprint density at radius 3 is 2.21 bits per heavy atom. The third kappa shape index (κ3) is 15.7. The number of hydrogen-bond donors (Lipinski definition) is 3. The summed E-state index contributed by atoms with van der Waals surface area (Å²) in [6, 6.07) is 6.95. The number of amides is 1. The predicted octanol–water partition coefficient (Wildman–Crippen LogP) is 6.65. The lowest BCUT2D eigenvalue weighted by Gasteiger charge is -2.26. The molecular weight excluding hydrogens is 846 g/mol. The number of aromatic nitrogens is 4. The number of carboxylic acid groups (broad SMARTS) is 1. The van der Waals surface area contributed by atoms with Crippen molar-refractivity contribution < 1.29 is 55.6 Å². The summed E-state index contributed by atoms with van der Waals surface area (Å²) in [7, 11) is -3.10. The van der Waals surface area contributed by atoms with Gasteiger partial charge in [-0.2, -0.15) is 17.9 Å². The third-order valence-corrected chi connectivity index (χ3v) is 9.33. The molecule has 0 spiro atoms. The molecule has 1 amide bonds. The first-order valence-corrected chi connectivity index (χ1v) is 20.2. The topological polar surface area (TPSA) is 213 Å². The second-order valence-corrected chi connectivity index (χ2v) is 17.4. The average Bonchev–Trinajstić information content (AvgIpc) is 3.74. The molecule has 4 N–H and O–H groups in total. The van der Waals surface area contributed by atoms with Gasteiger partial charge in [-0.15, -0.1) is 16.6 Å². The van der Waals surface area contributed by atoms with Gasteiger partial charge in [0, 0.05) is 36.0 Å². The molecule has 23 heteroatoms. The Morgan fingerprint density at radius 2 is 1.74 bits per heavy atom. The van der Waals surface area contributed by atoms with Gasteiger partial charge in [0.15, 0.2) is 14.0 Å². The van der Waals surface area contributed by atoms with Crippen LogP contribution >= 0.6 is 41.9 Å². The maximum Gasteiger partial charge on any atom is 0.445 e. The first kappa shape index (κ1) is 48.6. The highest BCUT2D eigenvalue weighted by Crippen LogP contribution is 2.36. The van der Waals surface area contributed by atoms with E-state index in [1.807, 2.05) is 20.8 Å². The average molecular weight is 886 g/mol. The van der Waals surface area contributed by atoms with E-state index in [0.29, 0.717) is 23.0 Å². The Hall–Kier alpha value is -4.51. The van der Waals surface area contributed by atoms with E-state index in [4.69, 9.17) is 59.2 Å². The molecule has 4 rings (SSSR count). The summed E-state index contributed by atoms with van der Waals surface area (Å²) < 4.78 is 77.5. The van der Waals surface area contributed by atoms with Crippen molar-refractivity contribution in [3.05, 3.63) is 73.7 Å². The third-order valence-electron chi connectivity index (χ3n) is 6.76. The highest BCUT2D eigenvalue weighted by Gasteiger charge is 2.36. The number of alkyl halides is 3. The predicted molar refractivity (Wildman–Crippen MR) is 205 cm³/mol. The van der Waals surface area contributed by atoms with Crippen LogP contribution in [0.4, 0.5) is 23.2 Å². The first-order chi connectivity index (χ1) is 26.2. The Kier molecular flexibility index (Phi) is 17.7. The van der Waals surface area contributed by atoms with E-state index in [2.05, 4.69) is 21.2 Å². The zero-order valence-corrected chi connectivity index (χ0v) is 34.4. The molecule has 57 heavy (non-hydrogen) atoms. The summed E-state index contributed by atoms with van der Waals surface area (Å²) in [6.07, 6.45) is 0.544. The fraction of sp³-hybridized carbons (Fsp3) is 0.412. The van der Waals surface area contributed by atoms with Crippen LogP contribution in [0.3, 0.4) is 0 Å². The van der Waals surface area contributed by atoms with Crippen molar-refractivity contribution in [3.8, 4) is 29.0 Å². The Morgan fingerprint density at radius 1 is 1.12 bits per heavy atom. The van der Waals surface area contributed by atoms with Crippen molar-refractivity contribution in [2.24, 2.45) is 5.73 Å². The lowest BCUT2D eigenvalue weighted by atomic mass is 9.97. The molecule has 0 aliphatic heterocycles. The molecule has 0 radical (unpaired) electrons. The van der Waals surface area contributed by atoms with Crippen molar-refractivity contribution in [1.82, 2.24) is 20.0 Å². The molecule has 15 nitrogen and oxygen atoms in total. The molecule has 2 aromatic carbocycles. The Labute approximate surface area is 338 Å². The Bertz CT molecular complexity index is 2130. The molecule has 0 saturated carbocycles. The number of anilines is 1. The zero-order chi connectivity index (χ0) is 43.5. The quantitative estimate of drug-likeness (QED) is 0.0774. The lowest BCUT2D eigenvalue weighted by molar-refractivity contribution is -0.139. The minimum atomic E-state index is -4.61. The van der Waals surface area contributed by atoms with Crippen LogP contribution in [-0.2, 0) is 25.7 Å². The van der Waals surface area contributed by atoms with Gasteiger partial charge in [-0.05, 0) is 50.6 Å². The number of nitrogens with zero attached hydrogens (tertiary/aromatic N) is 5.